The summed E-state index contributed by atoms with van der Waals surface area (Å²) in [5.41, 5.74) is 9.14. The fraction of sp³-hybridized carbons (Fsp3) is 0.323. The van der Waals surface area contributed by atoms with Crippen molar-refractivity contribution in [3.63, 3.8) is 0 Å². The number of halogens is 1. The van der Waals surface area contributed by atoms with E-state index in [9.17, 15) is 9.46 Å². The predicted octanol–water partition coefficient (Wildman–Crippen LogP) is 7.77. The number of nitrogens with zero attached hydrogens (tertiary/aromatic N) is 1. The third-order valence-electron chi connectivity index (χ3n) is 6.12. The zero-order valence-corrected chi connectivity index (χ0v) is 27.4. The average Bonchev–Trinajstić information content (AvgIpc) is 2.92. The van der Waals surface area contributed by atoms with Crippen molar-refractivity contribution in [3.05, 3.63) is 76.3 Å². The molecule has 3 rings (SSSR count). The van der Waals surface area contributed by atoms with Crippen LogP contribution in [0.15, 0.2) is 59.6 Å². The monoisotopic (exact) mass is 627 g/mol. The highest BCUT2D eigenvalue weighted by atomic mass is 35.5. The molecule has 0 aliphatic rings. The van der Waals surface area contributed by atoms with Crippen molar-refractivity contribution in [2.75, 3.05) is 26.1 Å². The van der Waals surface area contributed by atoms with E-state index in [4.69, 9.17) is 41.1 Å². The van der Waals surface area contributed by atoms with Gasteiger partial charge < -0.3 is 19.9 Å². The van der Waals surface area contributed by atoms with E-state index in [0.717, 1.165) is 17.4 Å². The van der Waals surface area contributed by atoms with E-state index >= 15 is 0 Å². The summed E-state index contributed by atoms with van der Waals surface area (Å²) in [5.74, 6) is 7.65. The van der Waals surface area contributed by atoms with Gasteiger partial charge in [0.25, 0.3) is 0 Å². The third-order valence-corrected chi connectivity index (χ3v) is 8.49. The van der Waals surface area contributed by atoms with Gasteiger partial charge in [-0.3, -0.25) is 0 Å². The highest BCUT2D eigenvalue weighted by Gasteiger charge is 2.21. The molecule has 8 nitrogen and oxygen atoms in total. The van der Waals surface area contributed by atoms with Gasteiger partial charge in [-0.25, -0.2) is 9.52 Å². The molecule has 0 fully saturated rings. The van der Waals surface area contributed by atoms with Crippen LogP contribution in [0.2, 0.25) is 30.7 Å². The first-order valence-electron chi connectivity index (χ1n) is 13.4. The van der Waals surface area contributed by atoms with Crippen molar-refractivity contribution in [2.45, 2.75) is 39.5 Å². The van der Waals surface area contributed by atoms with Gasteiger partial charge in [0.1, 0.15) is 11.5 Å². The Labute approximate surface area is 254 Å². The second-order valence-corrected chi connectivity index (χ2v) is 17.7. The molecule has 0 radical (unpaired) electrons. The summed E-state index contributed by atoms with van der Waals surface area (Å²) in [6.07, 6.45) is 0. The van der Waals surface area contributed by atoms with Gasteiger partial charge in [0, 0.05) is 36.4 Å². The lowest BCUT2D eigenvalue weighted by molar-refractivity contribution is 0.129. The highest BCUT2D eigenvalue weighted by Crippen LogP contribution is 2.33. The fourth-order valence-corrected chi connectivity index (χ4v) is 4.93. The van der Waals surface area contributed by atoms with Gasteiger partial charge in [0.05, 0.1) is 36.0 Å². The molecule has 11 heteroatoms. The first-order valence-corrected chi connectivity index (χ1v) is 18.6. The van der Waals surface area contributed by atoms with E-state index in [1.54, 1.807) is 44.4 Å². The fourth-order valence-electron chi connectivity index (χ4n) is 3.59. The van der Waals surface area contributed by atoms with Gasteiger partial charge in [-0.15, -0.1) is 4.89 Å². The molecule has 0 aromatic heterocycles. The molecule has 3 aromatic carbocycles. The number of hydrogen-bond donors (Lipinski definition) is 2. The summed E-state index contributed by atoms with van der Waals surface area (Å²) in [4.78, 5) is 14.0. The maximum Gasteiger partial charge on any atom is 0.747 e. The Morgan fingerprint density at radius 2 is 1.79 bits per heavy atom. The van der Waals surface area contributed by atoms with Gasteiger partial charge in [-0.1, -0.05) is 56.1 Å². The third kappa shape index (κ3) is 10.5. The molecule has 222 valence electrons. The van der Waals surface area contributed by atoms with Gasteiger partial charge in [-0.2, -0.15) is 0 Å². The number of methoxy groups -OCH3 is 1. The van der Waals surface area contributed by atoms with Crippen LogP contribution < -0.4 is 19.7 Å². The van der Waals surface area contributed by atoms with E-state index < -0.39 is 16.3 Å². The zero-order chi connectivity index (χ0) is 30.9. The topological polar surface area (TPSA) is 113 Å². The molecule has 2 unspecified atom stereocenters. The second kappa shape index (κ2) is 15.2. The Balaban J connectivity index is 1.96. The number of nitrogen functional groups attached to an aromatic ring is 1. The molecule has 42 heavy (non-hydrogen) atoms. The maximum absolute atomic E-state index is 11.3. The van der Waals surface area contributed by atoms with Gasteiger partial charge in [0.2, 0.25) is 0 Å². The smallest absolute Gasteiger partial charge is 0.497 e. The van der Waals surface area contributed by atoms with Crippen LogP contribution in [0.1, 0.15) is 23.6 Å². The molecular weight excluding hydrogens is 591 g/mol. The minimum absolute atomic E-state index is 0.233. The number of hydrogen-bond acceptors (Lipinski definition) is 7. The standard InChI is InChI=1S/C31H36ClN2O6PSi/c1-21-7-12-26(18-30(21)40-41(35)36)39-31(22(2)20-38-15-16-42(4,5)6)34-29-17-24(27(32)19-28(29)33)11-8-23-9-13-25(37-3)14-10-23/h7,9-10,12-14,17-19,22H,15-16,20,33H2,1-6H3/p+1. The summed E-state index contributed by atoms with van der Waals surface area (Å²) in [5, 5.41) is 0.399. The van der Waals surface area contributed by atoms with Crippen LogP contribution in [-0.4, -0.2) is 39.2 Å². The van der Waals surface area contributed by atoms with Gasteiger partial charge in [0.15, 0.2) is 11.6 Å². The van der Waals surface area contributed by atoms with E-state index in [1.807, 2.05) is 31.2 Å². The maximum atomic E-state index is 11.3. The number of aliphatic imine (C=N–C) groups is 1. The van der Waals surface area contributed by atoms with Crippen LogP contribution in [-0.2, 0) is 9.30 Å². The van der Waals surface area contributed by atoms with Crippen molar-refractivity contribution >= 4 is 45.2 Å². The quantitative estimate of drug-likeness (QED) is 0.0425. The molecule has 3 aromatic rings. The van der Waals surface area contributed by atoms with Crippen molar-refractivity contribution in [1.29, 1.82) is 0 Å². The first kappa shape index (κ1) is 33.1. The molecule has 0 heterocycles. The summed E-state index contributed by atoms with van der Waals surface area (Å²) in [6, 6.07) is 16.8. The van der Waals surface area contributed by atoms with Crippen LogP contribution in [0.25, 0.3) is 0 Å². The van der Waals surface area contributed by atoms with Gasteiger partial charge >= 0.3 is 8.25 Å². The molecule has 0 spiro atoms. The first-order chi connectivity index (χ1) is 19.8. The SMILES string of the molecule is COc1ccc(C#Cc2cc(N=C(Oc3ccc(C)c(O[P+](=O)O)c3)C(C)COCC[Si](C)(C)C)c(N)cc2Cl)cc1. The molecule has 0 aliphatic heterocycles. The molecule has 0 amide bonds. The van der Waals surface area contributed by atoms with E-state index in [0.29, 0.717) is 52.4 Å². The van der Waals surface area contributed by atoms with Crippen LogP contribution in [0.4, 0.5) is 11.4 Å². The number of rotatable bonds is 11. The molecule has 0 saturated heterocycles. The van der Waals surface area contributed by atoms with Crippen molar-refractivity contribution in [3.8, 4) is 29.1 Å². The summed E-state index contributed by atoms with van der Waals surface area (Å²) < 4.78 is 33.8. The molecule has 0 aliphatic carbocycles. The number of anilines is 1. The summed E-state index contributed by atoms with van der Waals surface area (Å²) >= 11 is 6.48. The van der Waals surface area contributed by atoms with E-state index in [1.165, 1.54) is 0 Å². The Kier molecular flexibility index (Phi) is 12.0. The number of ether oxygens (including phenoxy) is 3. The number of nitrogens with two attached hydrogens (primary N) is 1. The number of aryl methyl sites for hydroxylation is 1. The molecule has 2 atom stereocenters. The Hall–Kier alpha value is -3.38. The van der Waals surface area contributed by atoms with Crippen LogP contribution in [0.3, 0.4) is 0 Å². The zero-order valence-electron chi connectivity index (χ0n) is 24.7. The minimum Gasteiger partial charge on any atom is -0.497 e. The average molecular weight is 628 g/mol. The van der Waals surface area contributed by atoms with Crippen molar-refractivity contribution in [2.24, 2.45) is 10.9 Å². The predicted molar refractivity (Wildman–Crippen MR) is 172 cm³/mol. The Morgan fingerprint density at radius 1 is 1.10 bits per heavy atom. The van der Waals surface area contributed by atoms with Crippen LogP contribution >= 0.6 is 19.9 Å². The molecular formula is C31H37ClN2O6PSi+. The lowest BCUT2D eigenvalue weighted by Gasteiger charge is -2.19. The normalized spacial score (nSPS) is 12.7. The Bertz CT molecular complexity index is 1500. The Morgan fingerprint density at radius 3 is 2.43 bits per heavy atom. The molecule has 0 bridgehead atoms. The number of benzene rings is 3. The van der Waals surface area contributed by atoms with Crippen molar-refractivity contribution < 1.29 is 28.2 Å². The minimum atomic E-state index is -2.83. The largest absolute Gasteiger partial charge is 0.747 e. The molecule has 0 saturated carbocycles. The van der Waals surface area contributed by atoms with Gasteiger partial charge in [-0.05, 0) is 61.0 Å². The highest BCUT2D eigenvalue weighted by molar-refractivity contribution is 7.32. The molecule has 3 N–H and O–H groups in total. The second-order valence-electron chi connectivity index (χ2n) is 11.0. The van der Waals surface area contributed by atoms with E-state index in [2.05, 4.69) is 31.5 Å². The van der Waals surface area contributed by atoms with Crippen LogP contribution in [0.5, 0.6) is 17.2 Å². The summed E-state index contributed by atoms with van der Waals surface area (Å²) in [6.45, 7) is 11.6. The van der Waals surface area contributed by atoms with Crippen LogP contribution in [0, 0.1) is 24.7 Å². The lowest BCUT2D eigenvalue weighted by atomic mass is 10.1. The van der Waals surface area contributed by atoms with E-state index in [-0.39, 0.29) is 11.7 Å². The lowest BCUT2D eigenvalue weighted by Crippen LogP contribution is -2.25. The van der Waals surface area contributed by atoms with Crippen molar-refractivity contribution in [1.82, 2.24) is 0 Å². The summed E-state index contributed by atoms with van der Waals surface area (Å²) in [7, 11) is -2.48.